The zero-order valence-electron chi connectivity index (χ0n) is 10.3. The number of rotatable bonds is 4. The van der Waals surface area contributed by atoms with E-state index in [9.17, 15) is 9.18 Å². The van der Waals surface area contributed by atoms with Crippen molar-refractivity contribution in [1.29, 1.82) is 0 Å². The van der Waals surface area contributed by atoms with Crippen molar-refractivity contribution in [1.82, 2.24) is 0 Å². The van der Waals surface area contributed by atoms with Crippen LogP contribution < -0.4 is 11.1 Å². The molecule has 0 bridgehead atoms. The summed E-state index contributed by atoms with van der Waals surface area (Å²) in [5.74, 6) is -0.980. The molecule has 0 aliphatic heterocycles. The highest BCUT2D eigenvalue weighted by molar-refractivity contribution is 9.10. The van der Waals surface area contributed by atoms with Crippen LogP contribution in [0.15, 0.2) is 40.9 Å². The van der Waals surface area contributed by atoms with Gasteiger partial charge in [0.1, 0.15) is 5.82 Å². The zero-order valence-corrected chi connectivity index (χ0v) is 12.6. The van der Waals surface area contributed by atoms with Crippen LogP contribution in [0, 0.1) is 5.82 Å². The molecule has 0 spiro atoms. The number of nitrogens with two attached hydrogens (primary N) is 1. The number of primary amides is 1. The summed E-state index contributed by atoms with van der Waals surface area (Å²) in [5.41, 5.74) is 6.59. The van der Waals surface area contributed by atoms with Gasteiger partial charge in [0, 0.05) is 32.9 Å². The van der Waals surface area contributed by atoms with Crippen LogP contribution in [-0.4, -0.2) is 5.91 Å². The molecular weight excluding hydrogens is 347 g/mol. The lowest BCUT2D eigenvalue weighted by Crippen LogP contribution is -2.12. The van der Waals surface area contributed by atoms with Gasteiger partial charge in [0.05, 0.1) is 0 Å². The van der Waals surface area contributed by atoms with Gasteiger partial charge in [-0.3, -0.25) is 4.79 Å². The van der Waals surface area contributed by atoms with Gasteiger partial charge in [0.15, 0.2) is 0 Å². The molecule has 0 aliphatic rings. The fourth-order valence-corrected chi connectivity index (χ4v) is 2.51. The van der Waals surface area contributed by atoms with E-state index in [1.165, 1.54) is 18.2 Å². The Morgan fingerprint density at radius 3 is 2.70 bits per heavy atom. The first kappa shape index (κ1) is 14.8. The van der Waals surface area contributed by atoms with Gasteiger partial charge >= 0.3 is 0 Å². The lowest BCUT2D eigenvalue weighted by molar-refractivity contribution is 0.1000. The first-order valence-electron chi connectivity index (χ1n) is 5.74. The average Bonchev–Trinajstić information content (AvgIpc) is 2.39. The molecule has 2 rings (SSSR count). The van der Waals surface area contributed by atoms with E-state index in [4.69, 9.17) is 17.3 Å². The van der Waals surface area contributed by atoms with Crippen LogP contribution in [0.1, 0.15) is 15.9 Å². The van der Waals surface area contributed by atoms with Gasteiger partial charge in [-0.15, -0.1) is 0 Å². The topological polar surface area (TPSA) is 55.1 Å². The van der Waals surface area contributed by atoms with Crippen LogP contribution in [0.4, 0.5) is 10.1 Å². The van der Waals surface area contributed by atoms with Gasteiger partial charge in [0.25, 0.3) is 0 Å². The minimum Gasteiger partial charge on any atom is -0.380 e. The van der Waals surface area contributed by atoms with Gasteiger partial charge in [-0.2, -0.15) is 0 Å². The molecule has 0 saturated carbocycles. The van der Waals surface area contributed by atoms with Crippen molar-refractivity contribution >= 4 is 39.1 Å². The average molecular weight is 358 g/mol. The number of anilines is 1. The summed E-state index contributed by atoms with van der Waals surface area (Å²) < 4.78 is 14.4. The predicted molar refractivity (Wildman–Crippen MR) is 81.4 cm³/mol. The van der Waals surface area contributed by atoms with E-state index >= 15 is 0 Å². The smallest absolute Gasteiger partial charge is 0.248 e. The van der Waals surface area contributed by atoms with Crippen molar-refractivity contribution in [2.45, 2.75) is 6.54 Å². The molecule has 0 heterocycles. The monoisotopic (exact) mass is 356 g/mol. The Morgan fingerprint density at radius 2 is 2.05 bits per heavy atom. The quantitative estimate of drug-likeness (QED) is 0.870. The number of hydrogen-bond donors (Lipinski definition) is 2. The molecule has 2 aromatic carbocycles. The summed E-state index contributed by atoms with van der Waals surface area (Å²) >= 11 is 9.21. The lowest BCUT2D eigenvalue weighted by Gasteiger charge is -2.10. The van der Waals surface area contributed by atoms with Crippen molar-refractivity contribution in [2.75, 3.05) is 5.32 Å². The largest absolute Gasteiger partial charge is 0.380 e. The Morgan fingerprint density at radius 1 is 1.30 bits per heavy atom. The molecule has 1 amide bonds. The molecule has 20 heavy (non-hydrogen) atoms. The molecule has 0 radical (unpaired) electrons. The SMILES string of the molecule is NC(=O)c1ccc(F)c(CNc2ccc(Cl)cc2Br)c1. The van der Waals surface area contributed by atoms with E-state index in [0.717, 1.165) is 10.2 Å². The fourth-order valence-electron chi connectivity index (χ4n) is 1.69. The molecule has 0 aliphatic carbocycles. The maximum atomic E-state index is 13.7. The number of halogens is 3. The van der Waals surface area contributed by atoms with Gasteiger partial charge in [-0.1, -0.05) is 11.6 Å². The summed E-state index contributed by atoms with van der Waals surface area (Å²) in [5, 5.41) is 3.67. The van der Waals surface area contributed by atoms with Gasteiger partial charge < -0.3 is 11.1 Å². The second kappa shape index (κ2) is 6.24. The third kappa shape index (κ3) is 3.49. The Bertz CT molecular complexity index is 664. The molecule has 3 N–H and O–H groups in total. The van der Waals surface area contributed by atoms with Crippen LogP contribution in [0.2, 0.25) is 5.02 Å². The summed E-state index contributed by atoms with van der Waals surface area (Å²) in [4.78, 5) is 11.1. The minimum absolute atomic E-state index is 0.229. The van der Waals surface area contributed by atoms with Gasteiger partial charge in [-0.25, -0.2) is 4.39 Å². The molecule has 6 heteroatoms. The third-order valence-corrected chi connectivity index (χ3v) is 3.62. The highest BCUT2D eigenvalue weighted by atomic mass is 79.9. The van der Waals surface area contributed by atoms with E-state index in [1.54, 1.807) is 18.2 Å². The second-order valence-electron chi connectivity index (χ2n) is 4.15. The molecule has 0 unspecified atom stereocenters. The van der Waals surface area contributed by atoms with E-state index in [1.807, 2.05) is 0 Å². The number of nitrogens with one attached hydrogen (secondary N) is 1. The zero-order chi connectivity index (χ0) is 14.7. The minimum atomic E-state index is -0.584. The van der Waals surface area contributed by atoms with Crippen LogP contribution in [-0.2, 0) is 6.54 Å². The Balaban J connectivity index is 2.18. The van der Waals surface area contributed by atoms with Crippen molar-refractivity contribution in [3.8, 4) is 0 Å². The molecule has 0 saturated heterocycles. The van der Waals surface area contributed by atoms with Crippen molar-refractivity contribution in [3.63, 3.8) is 0 Å². The Hall–Kier alpha value is -1.59. The molecular formula is C14H11BrClFN2O. The van der Waals surface area contributed by atoms with E-state index in [2.05, 4.69) is 21.2 Å². The second-order valence-corrected chi connectivity index (χ2v) is 5.44. The molecule has 0 atom stereocenters. The van der Waals surface area contributed by atoms with E-state index in [0.29, 0.717) is 10.6 Å². The fraction of sp³-hybridized carbons (Fsp3) is 0.0714. The number of carbonyl (C=O) groups excluding carboxylic acids is 1. The van der Waals surface area contributed by atoms with Gasteiger partial charge in [-0.05, 0) is 52.3 Å². The first-order valence-corrected chi connectivity index (χ1v) is 6.91. The molecule has 2 aromatic rings. The maximum absolute atomic E-state index is 13.7. The number of hydrogen-bond acceptors (Lipinski definition) is 2. The highest BCUT2D eigenvalue weighted by Gasteiger charge is 2.08. The normalized spacial score (nSPS) is 10.3. The van der Waals surface area contributed by atoms with Crippen molar-refractivity contribution in [2.24, 2.45) is 5.73 Å². The van der Waals surface area contributed by atoms with E-state index in [-0.39, 0.29) is 12.1 Å². The molecule has 104 valence electrons. The number of amides is 1. The summed E-state index contributed by atoms with van der Waals surface area (Å²) in [6.45, 7) is 0.229. The molecule has 0 fully saturated rings. The highest BCUT2D eigenvalue weighted by Crippen LogP contribution is 2.26. The van der Waals surface area contributed by atoms with Crippen LogP contribution in [0.25, 0.3) is 0 Å². The molecule has 0 aromatic heterocycles. The first-order chi connectivity index (χ1) is 9.47. The number of carbonyl (C=O) groups is 1. The van der Waals surface area contributed by atoms with Crippen LogP contribution >= 0.6 is 27.5 Å². The lowest BCUT2D eigenvalue weighted by atomic mass is 10.1. The maximum Gasteiger partial charge on any atom is 0.248 e. The van der Waals surface area contributed by atoms with Crippen LogP contribution in [0.3, 0.4) is 0 Å². The third-order valence-electron chi connectivity index (χ3n) is 2.73. The van der Waals surface area contributed by atoms with E-state index < -0.39 is 11.7 Å². The number of benzene rings is 2. The predicted octanol–water partition coefficient (Wildman–Crippen LogP) is 3.95. The Kier molecular flexibility index (Phi) is 4.62. The summed E-state index contributed by atoms with van der Waals surface area (Å²) in [6, 6.07) is 9.27. The van der Waals surface area contributed by atoms with Crippen molar-refractivity contribution < 1.29 is 9.18 Å². The Labute approximate surface area is 129 Å². The molecule has 3 nitrogen and oxygen atoms in total. The summed E-state index contributed by atoms with van der Waals surface area (Å²) in [6.07, 6.45) is 0. The summed E-state index contributed by atoms with van der Waals surface area (Å²) in [7, 11) is 0. The van der Waals surface area contributed by atoms with Gasteiger partial charge in [0.2, 0.25) is 5.91 Å². The van der Waals surface area contributed by atoms with Crippen molar-refractivity contribution in [3.05, 3.63) is 62.8 Å². The standard InChI is InChI=1S/C14H11BrClFN2O/c15-11-6-10(16)2-4-13(11)19-7-9-5-8(14(18)20)1-3-12(9)17/h1-6,19H,7H2,(H2,18,20). The van der Waals surface area contributed by atoms with Crippen LogP contribution in [0.5, 0.6) is 0 Å².